The van der Waals surface area contributed by atoms with E-state index in [-0.39, 0.29) is 39.2 Å². The summed E-state index contributed by atoms with van der Waals surface area (Å²) in [6.45, 7) is 0. The summed E-state index contributed by atoms with van der Waals surface area (Å²) in [6, 6.07) is 0. The van der Waals surface area contributed by atoms with Crippen molar-refractivity contribution in [2.45, 2.75) is 0 Å². The molecule has 0 aromatic carbocycles. The molecule has 0 saturated carbocycles. The second kappa shape index (κ2) is 15.7. The fourth-order valence-electron chi connectivity index (χ4n) is 0. The van der Waals surface area contributed by atoms with Gasteiger partial charge in [0.05, 0.1) is 0 Å². The molecule has 0 aromatic heterocycles. The molecule has 0 radical (unpaired) electrons. The van der Waals surface area contributed by atoms with Crippen LogP contribution in [0.1, 0.15) is 1.43 Å². The zero-order valence-electron chi connectivity index (χ0n) is 4.52. The topological polar surface area (TPSA) is 80.9 Å². The van der Waals surface area contributed by atoms with E-state index in [2.05, 4.69) is 0 Å². The average Bonchev–Trinajstić information content (AvgIpc) is 1.41. The van der Waals surface area contributed by atoms with Crippen molar-refractivity contribution in [3.8, 4) is 0 Å². The van der Waals surface area contributed by atoms with Gasteiger partial charge in [0, 0.05) is 0 Å². The van der Waals surface area contributed by atoms with Gasteiger partial charge in [-0.1, -0.05) is 0 Å². The summed E-state index contributed by atoms with van der Waals surface area (Å²) in [7, 11) is -2.62. The normalized spacial score (nSPS) is 6.14. The zero-order chi connectivity index (χ0) is 5.58. The molecule has 34 valence electrons. The molecule has 7 heteroatoms. The van der Waals surface area contributed by atoms with E-state index in [1.165, 1.54) is 16.6 Å². The minimum atomic E-state index is -2.62. The van der Waals surface area contributed by atoms with E-state index in [0.29, 0.717) is 0 Å². The van der Waals surface area contributed by atoms with Gasteiger partial charge in [-0.3, -0.25) is 0 Å². The molecule has 7 heavy (non-hydrogen) atoms. The van der Waals surface area contributed by atoms with Crippen LogP contribution in [-0.2, 0) is 0 Å². The second-order valence-corrected chi connectivity index (χ2v) is 0.805. The summed E-state index contributed by atoms with van der Waals surface area (Å²) < 4.78 is 6.92. The molecule has 0 aliphatic heterocycles. The van der Waals surface area contributed by atoms with Crippen molar-refractivity contribution in [1.29, 1.82) is 0 Å². The van der Waals surface area contributed by atoms with Crippen molar-refractivity contribution in [3.63, 3.8) is 0 Å². The first-order valence-corrected chi connectivity index (χ1v) is 2.57. The molecule has 0 rings (SSSR count). The maximum absolute atomic E-state index is 7.23. The molecule has 0 aliphatic carbocycles. The van der Waals surface area contributed by atoms with E-state index < -0.39 is 8.60 Å². The van der Waals surface area contributed by atoms with Crippen molar-refractivity contribution in [2.75, 3.05) is 0 Å². The van der Waals surface area contributed by atoms with Crippen LogP contribution in [0.5, 0.6) is 0 Å². The van der Waals surface area contributed by atoms with Crippen LogP contribution in [-0.4, -0.2) is 73.2 Å². The van der Waals surface area contributed by atoms with E-state index in [9.17, 15) is 0 Å². The van der Waals surface area contributed by atoms with Gasteiger partial charge in [0.15, 0.2) is 0 Å². The van der Waals surface area contributed by atoms with Gasteiger partial charge in [-0.15, -0.1) is 0 Å². The summed E-state index contributed by atoms with van der Waals surface area (Å²) in [4.78, 5) is 21.7. The fourth-order valence-corrected chi connectivity index (χ4v) is 0. The van der Waals surface area contributed by atoms with Crippen molar-refractivity contribution in [3.05, 3.63) is 0 Å². The van der Waals surface area contributed by atoms with E-state index >= 15 is 0 Å². The molecule has 0 bridgehead atoms. The molecule has 0 fully saturated rings. The number of hydrogen-bond donors (Lipinski definition) is 4. The van der Waals surface area contributed by atoms with Crippen LogP contribution < -0.4 is 0 Å². The third-order valence-electron chi connectivity index (χ3n) is 0. The van der Waals surface area contributed by atoms with Crippen LogP contribution in [0.2, 0.25) is 0 Å². The molecule has 0 unspecified atom stereocenters. The summed E-state index contributed by atoms with van der Waals surface area (Å²) >= 11 is 1.42. The quantitative estimate of drug-likeness (QED) is 0.248. The Bertz CT molecular complexity index is 20.8. The molecule has 4 N–H and O–H groups in total. The predicted octanol–water partition coefficient (Wildman–Crippen LogP) is -2.02. The maximum atomic E-state index is 7.23. The first-order chi connectivity index (χ1) is 2.73. The van der Waals surface area contributed by atoms with E-state index in [4.69, 9.17) is 18.8 Å². The Morgan fingerprint density at radius 1 is 1.14 bits per heavy atom. The van der Waals surface area contributed by atoms with Crippen LogP contribution in [0.4, 0.5) is 0 Å². The Balaban J connectivity index is -0.0000000183. The molecule has 4 nitrogen and oxygen atoms in total. The van der Waals surface area contributed by atoms with Crippen LogP contribution in [0, 0.1) is 0 Å². The van der Waals surface area contributed by atoms with Crippen LogP contribution in [0.25, 0.3) is 0 Å². The molecule has 0 heterocycles. The molecule has 0 aliphatic rings. The molecule has 0 saturated heterocycles. The van der Waals surface area contributed by atoms with Crippen molar-refractivity contribution in [1.82, 2.24) is 0 Å². The zero-order valence-corrected chi connectivity index (χ0v) is 7.78. The first kappa shape index (κ1) is 16.0. The average molecular weight is 167 g/mol. The minimum absolute atomic E-state index is 0. The Morgan fingerprint density at radius 2 is 1.14 bits per heavy atom. The van der Waals surface area contributed by atoms with Crippen molar-refractivity contribution < 1.29 is 20.3 Å². The summed E-state index contributed by atoms with van der Waals surface area (Å²) in [5.41, 5.74) is 0. The van der Waals surface area contributed by atoms with Gasteiger partial charge in [-0.05, 0) is 0 Å². The molecule has 0 amide bonds. The van der Waals surface area contributed by atoms with Gasteiger partial charge >= 0.3 is 68.5 Å². The molecular weight excluding hydrogens is 162 g/mol. The summed E-state index contributed by atoms with van der Waals surface area (Å²) in [5.74, 6) is 0. The standard InChI is InChI=1S/Al.Ca.H3O3P.H2O/c;;1-4(2)3;/h;;1-3H;1H2/q+3;+2;;. The molecule has 0 atom stereocenters. The first-order valence-electron chi connectivity index (χ1n) is 0.858. The van der Waals surface area contributed by atoms with Gasteiger partial charge in [0.25, 0.3) is 0 Å². The van der Waals surface area contributed by atoms with Gasteiger partial charge in [-0.25, -0.2) is 0 Å². The SMILES string of the molecule is OP(O)O.[Ca+2].[H+].[OH][Al+2]. The van der Waals surface area contributed by atoms with E-state index in [0.717, 1.165) is 0 Å². The Kier molecular flexibility index (Phi) is 35.9. The monoisotopic (exact) mass is 167 g/mol. The van der Waals surface area contributed by atoms with E-state index in [1.54, 1.807) is 0 Å². The Morgan fingerprint density at radius 3 is 1.14 bits per heavy atom. The third-order valence-corrected chi connectivity index (χ3v) is 0. The predicted molar refractivity (Wildman–Crippen MR) is 28.4 cm³/mol. The third kappa shape index (κ3) is 69.7. The second-order valence-electron chi connectivity index (χ2n) is 0.268. The summed E-state index contributed by atoms with van der Waals surface area (Å²) in [5, 5.41) is 0. The van der Waals surface area contributed by atoms with Crippen molar-refractivity contribution >= 4 is 63.0 Å². The van der Waals surface area contributed by atoms with Crippen LogP contribution in [0.15, 0.2) is 0 Å². The fraction of sp³-hybridized carbons (Fsp3) is 0. The van der Waals surface area contributed by atoms with Crippen LogP contribution >= 0.6 is 8.60 Å². The van der Waals surface area contributed by atoms with Gasteiger partial charge in [-0.2, -0.15) is 0 Å². The van der Waals surface area contributed by atoms with Crippen molar-refractivity contribution in [2.24, 2.45) is 0 Å². The molecule has 0 aromatic rings. The summed E-state index contributed by atoms with van der Waals surface area (Å²) in [6.07, 6.45) is 0. The number of hydrogen-bond acceptors (Lipinski definition) is 4. The number of rotatable bonds is 0. The van der Waals surface area contributed by atoms with E-state index in [1.807, 2.05) is 0 Å². The molecule has 0 spiro atoms. The molecular formula is H5AlCaO4P+5. The van der Waals surface area contributed by atoms with Gasteiger partial charge < -0.3 is 14.7 Å². The Labute approximate surface area is 82.4 Å². The Hall–Kier alpha value is 2.06. The van der Waals surface area contributed by atoms with Gasteiger partial charge in [0.2, 0.25) is 0 Å². The van der Waals surface area contributed by atoms with Crippen LogP contribution in [0.3, 0.4) is 0 Å². The van der Waals surface area contributed by atoms with Gasteiger partial charge in [0.1, 0.15) is 0 Å².